The molecule has 40 heavy (non-hydrogen) atoms. The first kappa shape index (κ1) is 41.5. The van der Waals surface area contributed by atoms with Crippen LogP contribution in [0.5, 0.6) is 0 Å². The Kier molecular flexibility index (Phi) is 37.8. The number of rotatable bonds is 32. The van der Waals surface area contributed by atoms with Gasteiger partial charge in [0.05, 0.1) is 26.7 Å². The molecule has 0 radical (unpaired) electrons. The number of likely N-dealkylation sites (N-methyl/N-ethyl adjacent to an activating group) is 1. The SMILES string of the molecule is CCCCCCCCCCCCCCCC[N+](C)(CCO)CCCCCCCCCCCCCCCC.O=C[O-]. The van der Waals surface area contributed by atoms with Gasteiger partial charge < -0.3 is 19.5 Å². The van der Waals surface area contributed by atoms with Gasteiger partial charge in [-0.2, -0.15) is 0 Å². The Morgan fingerprint density at radius 1 is 0.450 bits per heavy atom. The molecule has 0 aromatic heterocycles. The quantitative estimate of drug-likeness (QED) is 0.0498. The molecule has 0 aromatic carbocycles. The summed E-state index contributed by atoms with van der Waals surface area (Å²) in [6.07, 6.45) is 40.0. The zero-order valence-corrected chi connectivity index (χ0v) is 27.9. The third kappa shape index (κ3) is 35.4. The van der Waals surface area contributed by atoms with E-state index in [0.29, 0.717) is 6.61 Å². The molecule has 0 aromatic rings. The average Bonchev–Trinajstić information content (AvgIpc) is 2.94. The lowest BCUT2D eigenvalue weighted by molar-refractivity contribution is -0.910. The maximum atomic E-state index is 9.62. The molecule has 0 fully saturated rings. The predicted molar refractivity (Wildman–Crippen MR) is 175 cm³/mol. The molecule has 0 spiro atoms. The van der Waals surface area contributed by atoms with E-state index in [1.165, 1.54) is 193 Å². The van der Waals surface area contributed by atoms with Gasteiger partial charge in [-0.25, -0.2) is 0 Å². The van der Waals surface area contributed by atoms with Crippen molar-refractivity contribution in [3.63, 3.8) is 0 Å². The summed E-state index contributed by atoms with van der Waals surface area (Å²) >= 11 is 0. The van der Waals surface area contributed by atoms with Crippen molar-refractivity contribution < 1.29 is 19.5 Å². The van der Waals surface area contributed by atoms with Gasteiger partial charge in [0.25, 0.3) is 0 Å². The van der Waals surface area contributed by atoms with E-state index in [4.69, 9.17) is 9.90 Å². The number of hydrogen-bond donors (Lipinski definition) is 1. The fourth-order valence-corrected chi connectivity index (χ4v) is 5.95. The number of aliphatic hydroxyl groups is 1. The lowest BCUT2D eigenvalue weighted by atomic mass is 10.0. The van der Waals surface area contributed by atoms with Crippen molar-refractivity contribution in [2.75, 3.05) is 33.3 Å². The number of hydrogen-bond acceptors (Lipinski definition) is 3. The minimum absolute atomic E-state index is 0.341. The highest BCUT2D eigenvalue weighted by atomic mass is 16.3. The highest BCUT2D eigenvalue weighted by Gasteiger charge is 2.19. The van der Waals surface area contributed by atoms with Crippen LogP contribution in [0.15, 0.2) is 0 Å². The highest BCUT2D eigenvalue weighted by molar-refractivity contribution is 5.29. The molecule has 1 N–H and O–H groups in total. The molecule has 242 valence electrons. The van der Waals surface area contributed by atoms with Crippen molar-refractivity contribution in [1.82, 2.24) is 0 Å². The van der Waals surface area contributed by atoms with Crippen molar-refractivity contribution in [1.29, 1.82) is 0 Å². The average molecular weight is 570 g/mol. The van der Waals surface area contributed by atoms with Gasteiger partial charge in [0.15, 0.2) is 0 Å². The smallest absolute Gasteiger partial charge is 0.102 e. The Hall–Kier alpha value is -0.610. The molecule has 0 saturated heterocycles. The van der Waals surface area contributed by atoms with Crippen LogP contribution in [0, 0.1) is 0 Å². The van der Waals surface area contributed by atoms with Gasteiger partial charge in [0.2, 0.25) is 0 Å². The number of nitrogens with zero attached hydrogens (tertiary/aromatic N) is 1. The molecule has 0 rings (SSSR count). The minimum atomic E-state index is -0.500. The molecule has 0 amide bonds. The van der Waals surface area contributed by atoms with Gasteiger partial charge in [-0.3, -0.25) is 0 Å². The number of carbonyl (C=O) groups excluding carboxylic acids is 1. The van der Waals surface area contributed by atoms with Crippen LogP contribution in [0.25, 0.3) is 0 Å². The van der Waals surface area contributed by atoms with E-state index in [1.807, 2.05) is 0 Å². The van der Waals surface area contributed by atoms with Gasteiger partial charge in [0, 0.05) is 6.47 Å². The van der Waals surface area contributed by atoms with Crippen LogP contribution in [0.2, 0.25) is 0 Å². The Bertz CT molecular complexity index is 425. The van der Waals surface area contributed by atoms with Gasteiger partial charge in [-0.1, -0.05) is 168 Å². The predicted octanol–water partition coefficient (Wildman–Crippen LogP) is 9.75. The minimum Gasteiger partial charge on any atom is -0.554 e. The summed E-state index contributed by atoms with van der Waals surface area (Å²) in [6, 6.07) is 0. The standard InChI is InChI=1S/C35H74NO.CH2O2/c1-4-6-8-10-12-14-16-18-20-22-24-26-28-30-32-36(3,34-35-37)33-31-29-27-25-23-21-19-17-15-13-11-9-7-5-2;2-1-3/h37H,4-35H2,1-3H3;1H,(H,2,3)/q+1;/p-1. The molecule has 0 unspecified atom stereocenters. The zero-order chi connectivity index (χ0) is 29.8. The molecule has 0 bridgehead atoms. The number of carbonyl (C=O) groups is 1. The second-order valence-electron chi connectivity index (χ2n) is 12.8. The van der Waals surface area contributed by atoms with E-state index in [1.54, 1.807) is 0 Å². The Labute approximate surface area is 252 Å². The summed E-state index contributed by atoms with van der Waals surface area (Å²) in [4.78, 5) is 8.25. The molecule has 0 saturated carbocycles. The monoisotopic (exact) mass is 570 g/mol. The van der Waals surface area contributed by atoms with Crippen LogP contribution in [0.1, 0.15) is 194 Å². The first-order valence-electron chi connectivity index (χ1n) is 18.1. The normalized spacial score (nSPS) is 11.4. The van der Waals surface area contributed by atoms with E-state index < -0.39 is 6.47 Å². The number of aliphatic hydroxyl groups excluding tert-OH is 1. The lowest BCUT2D eigenvalue weighted by Gasteiger charge is -2.34. The summed E-state index contributed by atoms with van der Waals surface area (Å²) in [5.74, 6) is 0. The molecule has 0 aliphatic heterocycles. The van der Waals surface area contributed by atoms with E-state index in [9.17, 15) is 5.11 Å². The van der Waals surface area contributed by atoms with Gasteiger partial charge in [-0.15, -0.1) is 0 Å². The molecule has 0 atom stereocenters. The number of unbranched alkanes of at least 4 members (excludes halogenated alkanes) is 26. The van der Waals surface area contributed by atoms with Crippen molar-refractivity contribution in [3.8, 4) is 0 Å². The summed E-state index contributed by atoms with van der Waals surface area (Å²) in [5, 5.41) is 17.9. The van der Waals surface area contributed by atoms with Crippen molar-refractivity contribution >= 4 is 6.47 Å². The summed E-state index contributed by atoms with van der Waals surface area (Å²) < 4.78 is 1.09. The molecule has 0 heterocycles. The molecular weight excluding hydrogens is 494 g/mol. The molecule has 4 heteroatoms. The van der Waals surface area contributed by atoms with Crippen LogP contribution in [-0.2, 0) is 4.79 Å². The molecule has 0 aliphatic rings. The molecule has 0 aliphatic carbocycles. The Morgan fingerprint density at radius 3 is 0.850 bits per heavy atom. The fourth-order valence-electron chi connectivity index (χ4n) is 5.95. The Balaban J connectivity index is 0. The highest BCUT2D eigenvalue weighted by Crippen LogP contribution is 2.16. The second-order valence-corrected chi connectivity index (χ2v) is 12.8. The number of carboxylic acid groups (broad SMARTS) is 1. The van der Waals surface area contributed by atoms with Gasteiger partial charge in [-0.05, 0) is 25.7 Å². The fraction of sp³-hybridized carbons (Fsp3) is 0.972. The largest absolute Gasteiger partial charge is 0.554 e. The van der Waals surface area contributed by atoms with Gasteiger partial charge >= 0.3 is 0 Å². The van der Waals surface area contributed by atoms with Crippen molar-refractivity contribution in [2.24, 2.45) is 0 Å². The van der Waals surface area contributed by atoms with Crippen LogP contribution < -0.4 is 5.11 Å². The summed E-state index contributed by atoms with van der Waals surface area (Å²) in [5.41, 5.74) is 0. The maximum absolute atomic E-state index is 9.62. The second kappa shape index (κ2) is 36.4. The van der Waals surface area contributed by atoms with Crippen LogP contribution in [0.3, 0.4) is 0 Å². The summed E-state index contributed by atoms with van der Waals surface area (Å²) in [6.45, 7) is 7.90. The van der Waals surface area contributed by atoms with Crippen LogP contribution >= 0.6 is 0 Å². The van der Waals surface area contributed by atoms with Crippen molar-refractivity contribution in [3.05, 3.63) is 0 Å². The first-order valence-corrected chi connectivity index (χ1v) is 18.1. The van der Waals surface area contributed by atoms with Crippen molar-refractivity contribution in [2.45, 2.75) is 194 Å². The Morgan fingerprint density at radius 2 is 0.650 bits per heavy atom. The number of quaternary nitrogens is 1. The topological polar surface area (TPSA) is 60.4 Å². The van der Waals surface area contributed by atoms with Gasteiger partial charge in [0.1, 0.15) is 6.54 Å². The maximum Gasteiger partial charge on any atom is 0.102 e. The van der Waals surface area contributed by atoms with E-state index >= 15 is 0 Å². The summed E-state index contributed by atoms with van der Waals surface area (Å²) in [7, 11) is 2.39. The molecular formula is C36H75NO3. The van der Waals surface area contributed by atoms with E-state index in [0.717, 1.165) is 11.0 Å². The third-order valence-electron chi connectivity index (χ3n) is 8.74. The van der Waals surface area contributed by atoms with E-state index in [2.05, 4.69) is 20.9 Å². The first-order chi connectivity index (χ1) is 19.6. The molecule has 4 nitrogen and oxygen atoms in total. The third-order valence-corrected chi connectivity index (χ3v) is 8.74. The van der Waals surface area contributed by atoms with E-state index in [-0.39, 0.29) is 0 Å². The van der Waals surface area contributed by atoms with Crippen LogP contribution in [0.4, 0.5) is 0 Å². The van der Waals surface area contributed by atoms with Crippen LogP contribution in [-0.4, -0.2) is 49.4 Å². The lowest BCUT2D eigenvalue weighted by Crippen LogP contribution is -2.47. The zero-order valence-electron chi connectivity index (χ0n) is 27.9.